The van der Waals surface area contributed by atoms with Crippen LogP contribution in [-0.2, 0) is 5.41 Å². The first-order valence-corrected chi connectivity index (χ1v) is 11.2. The molecular formula is C28H32N2O. The maximum absolute atomic E-state index is 9.39. The molecule has 0 aliphatic carbocycles. The molecule has 160 valence electrons. The highest BCUT2D eigenvalue weighted by Crippen LogP contribution is 2.46. The zero-order valence-electron chi connectivity index (χ0n) is 18.5. The molecule has 0 amide bonds. The number of rotatable bonds is 8. The Hall–Kier alpha value is -2.91. The summed E-state index contributed by atoms with van der Waals surface area (Å²) in [5.74, 6) is 1.12. The van der Waals surface area contributed by atoms with Gasteiger partial charge in [0, 0.05) is 19.1 Å². The third kappa shape index (κ3) is 4.28. The molecule has 0 fully saturated rings. The molecule has 3 nitrogen and oxygen atoms in total. The van der Waals surface area contributed by atoms with Crippen molar-refractivity contribution < 1.29 is 5.11 Å². The Morgan fingerprint density at radius 3 is 1.94 bits per heavy atom. The number of aliphatic hydroxyl groups is 1. The molecule has 1 aliphatic rings. The van der Waals surface area contributed by atoms with E-state index >= 15 is 0 Å². The lowest BCUT2D eigenvalue weighted by Gasteiger charge is -2.37. The van der Waals surface area contributed by atoms with Crippen molar-refractivity contribution in [3.63, 3.8) is 0 Å². The van der Waals surface area contributed by atoms with E-state index in [0.29, 0.717) is 0 Å². The van der Waals surface area contributed by atoms with Gasteiger partial charge in [-0.25, -0.2) is 0 Å². The molecule has 0 bridgehead atoms. The van der Waals surface area contributed by atoms with Gasteiger partial charge in [-0.2, -0.15) is 0 Å². The fourth-order valence-electron chi connectivity index (χ4n) is 4.91. The molecule has 3 aromatic carbocycles. The molecule has 4 rings (SSSR count). The molecule has 1 aliphatic heterocycles. The predicted molar refractivity (Wildman–Crippen MR) is 128 cm³/mol. The van der Waals surface area contributed by atoms with Crippen LogP contribution in [-0.4, -0.2) is 29.5 Å². The van der Waals surface area contributed by atoms with E-state index in [1.54, 1.807) is 0 Å². The van der Waals surface area contributed by atoms with Gasteiger partial charge in [-0.3, -0.25) is 4.99 Å². The second kappa shape index (κ2) is 9.49. The van der Waals surface area contributed by atoms with Crippen LogP contribution in [0.1, 0.15) is 55.0 Å². The van der Waals surface area contributed by atoms with Gasteiger partial charge >= 0.3 is 0 Å². The van der Waals surface area contributed by atoms with Gasteiger partial charge in [0.15, 0.2) is 0 Å². The summed E-state index contributed by atoms with van der Waals surface area (Å²) in [6.45, 7) is 2.54. The van der Waals surface area contributed by atoms with E-state index in [4.69, 9.17) is 4.99 Å². The van der Waals surface area contributed by atoms with Gasteiger partial charge in [0.1, 0.15) is 11.9 Å². The van der Waals surface area contributed by atoms with E-state index < -0.39 is 0 Å². The van der Waals surface area contributed by atoms with E-state index in [9.17, 15) is 5.11 Å². The molecule has 1 N–H and O–H groups in total. The molecule has 31 heavy (non-hydrogen) atoms. The van der Waals surface area contributed by atoms with Gasteiger partial charge in [-0.1, -0.05) is 91.0 Å². The van der Waals surface area contributed by atoms with Crippen LogP contribution in [0.5, 0.6) is 0 Å². The van der Waals surface area contributed by atoms with Crippen LogP contribution in [0, 0.1) is 0 Å². The van der Waals surface area contributed by atoms with Gasteiger partial charge in [0.2, 0.25) is 0 Å². The second-order valence-electron chi connectivity index (χ2n) is 8.65. The van der Waals surface area contributed by atoms with Crippen molar-refractivity contribution in [2.24, 2.45) is 4.99 Å². The van der Waals surface area contributed by atoms with Crippen molar-refractivity contribution in [2.75, 3.05) is 13.7 Å². The number of nitrogens with zero attached hydrogens (tertiary/aromatic N) is 2. The Labute approximate surface area is 186 Å². The summed E-state index contributed by atoms with van der Waals surface area (Å²) < 4.78 is 0. The molecular weight excluding hydrogens is 380 g/mol. The van der Waals surface area contributed by atoms with Crippen LogP contribution in [0.2, 0.25) is 0 Å². The SMILES string of the molecule is CN1C([C@@](C)(CCCCO)c2ccccc2)=N[C@@H](c2ccccc2)[C@@H]1c1ccccc1. The first kappa shape index (κ1) is 21.3. The Balaban J connectivity index is 1.81. The van der Waals surface area contributed by atoms with E-state index in [0.717, 1.165) is 25.1 Å². The van der Waals surface area contributed by atoms with Crippen LogP contribution in [0.15, 0.2) is 96.0 Å². The maximum Gasteiger partial charge on any atom is 0.110 e. The van der Waals surface area contributed by atoms with Crippen LogP contribution in [0.4, 0.5) is 0 Å². The Morgan fingerprint density at radius 1 is 0.806 bits per heavy atom. The van der Waals surface area contributed by atoms with E-state index in [1.807, 2.05) is 0 Å². The standard InChI is InChI=1S/C28H32N2O/c1-28(20-12-13-21-31,24-18-10-5-11-19-24)27-29-25(22-14-6-3-7-15-22)26(30(27)2)23-16-8-4-9-17-23/h3-11,14-19,25-26,31H,12-13,20-21H2,1-2H3/t25-,26-,28-/m0/s1. The summed E-state index contributed by atoms with van der Waals surface area (Å²) >= 11 is 0. The fourth-order valence-corrected chi connectivity index (χ4v) is 4.91. The molecule has 0 radical (unpaired) electrons. The van der Waals surface area contributed by atoms with E-state index in [1.165, 1.54) is 16.7 Å². The monoisotopic (exact) mass is 412 g/mol. The van der Waals surface area contributed by atoms with Crippen molar-refractivity contribution in [3.05, 3.63) is 108 Å². The lowest BCUT2D eigenvalue weighted by Crippen LogP contribution is -2.42. The lowest BCUT2D eigenvalue weighted by molar-refractivity contribution is 0.277. The first-order chi connectivity index (χ1) is 15.1. The van der Waals surface area contributed by atoms with Crippen LogP contribution < -0.4 is 0 Å². The number of benzene rings is 3. The Bertz CT molecular complexity index is 987. The van der Waals surface area contributed by atoms with Crippen LogP contribution >= 0.6 is 0 Å². The van der Waals surface area contributed by atoms with E-state index in [2.05, 4.69) is 110 Å². The minimum Gasteiger partial charge on any atom is -0.396 e. The quantitative estimate of drug-likeness (QED) is 0.465. The number of unbranched alkanes of at least 4 members (excludes halogenated alkanes) is 1. The summed E-state index contributed by atoms with van der Waals surface area (Å²) in [6.07, 6.45) is 2.72. The maximum atomic E-state index is 9.39. The van der Waals surface area contributed by atoms with Crippen molar-refractivity contribution in [2.45, 2.75) is 43.7 Å². The van der Waals surface area contributed by atoms with Crippen molar-refractivity contribution in [3.8, 4) is 0 Å². The molecule has 3 heteroatoms. The molecule has 0 saturated heterocycles. The molecule has 0 saturated carbocycles. The van der Waals surface area contributed by atoms with Crippen molar-refractivity contribution >= 4 is 5.84 Å². The highest BCUT2D eigenvalue weighted by atomic mass is 16.2. The summed E-state index contributed by atoms with van der Waals surface area (Å²) in [6, 6.07) is 32.3. The van der Waals surface area contributed by atoms with Gasteiger partial charge < -0.3 is 10.0 Å². The molecule has 0 aromatic heterocycles. The summed E-state index contributed by atoms with van der Waals surface area (Å²) in [4.78, 5) is 7.79. The highest BCUT2D eigenvalue weighted by molar-refractivity contribution is 5.94. The third-order valence-corrected chi connectivity index (χ3v) is 6.58. The van der Waals surface area contributed by atoms with Gasteiger partial charge in [0.25, 0.3) is 0 Å². The summed E-state index contributed by atoms with van der Waals surface area (Å²) in [5.41, 5.74) is 3.58. The second-order valence-corrected chi connectivity index (χ2v) is 8.65. The minimum absolute atomic E-state index is 0.0458. The third-order valence-electron chi connectivity index (χ3n) is 6.58. The molecule has 3 atom stereocenters. The molecule has 0 unspecified atom stereocenters. The molecule has 1 heterocycles. The Morgan fingerprint density at radius 2 is 1.35 bits per heavy atom. The number of hydrogen-bond donors (Lipinski definition) is 1. The van der Waals surface area contributed by atoms with Gasteiger partial charge in [0.05, 0.1) is 6.04 Å². The average molecular weight is 413 g/mol. The zero-order valence-corrected chi connectivity index (χ0v) is 18.5. The predicted octanol–water partition coefficient (Wildman–Crippen LogP) is 5.93. The number of likely N-dealkylation sites (N-methyl/N-ethyl adjacent to an activating group) is 1. The fraction of sp³-hybridized carbons (Fsp3) is 0.321. The van der Waals surface area contributed by atoms with Crippen molar-refractivity contribution in [1.82, 2.24) is 4.90 Å². The Kier molecular flexibility index (Phi) is 6.53. The first-order valence-electron chi connectivity index (χ1n) is 11.2. The topological polar surface area (TPSA) is 35.8 Å². The average Bonchev–Trinajstić information content (AvgIpc) is 3.18. The lowest BCUT2D eigenvalue weighted by atomic mass is 9.76. The van der Waals surface area contributed by atoms with Gasteiger partial charge in [-0.15, -0.1) is 0 Å². The van der Waals surface area contributed by atoms with Crippen molar-refractivity contribution in [1.29, 1.82) is 0 Å². The van der Waals surface area contributed by atoms with Gasteiger partial charge in [-0.05, 0) is 42.9 Å². The largest absolute Gasteiger partial charge is 0.396 e. The normalized spacial score (nSPS) is 20.4. The summed E-state index contributed by atoms with van der Waals surface area (Å²) in [5, 5.41) is 9.39. The molecule has 3 aromatic rings. The van der Waals surface area contributed by atoms with Crippen LogP contribution in [0.3, 0.4) is 0 Å². The highest BCUT2D eigenvalue weighted by Gasteiger charge is 2.44. The number of amidine groups is 1. The summed E-state index contributed by atoms with van der Waals surface area (Å²) in [7, 11) is 2.19. The number of aliphatic imine (C=N–C) groups is 1. The minimum atomic E-state index is -0.220. The number of hydrogen-bond acceptors (Lipinski definition) is 3. The number of aliphatic hydroxyl groups excluding tert-OH is 1. The zero-order chi connectivity index (χ0) is 21.7. The molecule has 0 spiro atoms. The van der Waals surface area contributed by atoms with Crippen LogP contribution in [0.25, 0.3) is 0 Å². The van der Waals surface area contributed by atoms with E-state index in [-0.39, 0.29) is 24.1 Å². The smallest absolute Gasteiger partial charge is 0.110 e.